The molecule has 0 spiro atoms. The van der Waals surface area contributed by atoms with Crippen LogP contribution in [0.15, 0.2) is 69.5 Å². The minimum Gasteiger partial charge on any atom is -0.488 e. The number of anilines is 1. The van der Waals surface area contributed by atoms with Crippen molar-refractivity contribution in [3.63, 3.8) is 0 Å². The third-order valence-electron chi connectivity index (χ3n) is 5.26. The molecule has 0 saturated carbocycles. The summed E-state index contributed by atoms with van der Waals surface area (Å²) in [4.78, 5) is 6.67. The number of aromatic nitrogens is 1. The van der Waals surface area contributed by atoms with Gasteiger partial charge < -0.3 is 9.64 Å². The minimum absolute atomic E-state index is 0.0589. The number of ether oxygens (including phenoxy) is 1. The fourth-order valence-electron chi connectivity index (χ4n) is 3.60. The molecule has 192 valence electrons. The Morgan fingerprint density at radius 3 is 2.42 bits per heavy atom. The van der Waals surface area contributed by atoms with E-state index in [9.17, 15) is 21.6 Å². The number of sulfonamides is 1. The maximum atomic E-state index is 13.5. The van der Waals surface area contributed by atoms with E-state index in [4.69, 9.17) is 27.9 Å². The summed E-state index contributed by atoms with van der Waals surface area (Å²) in [5.41, 5.74) is -1.03. The molecule has 0 bridgehead atoms. The van der Waals surface area contributed by atoms with Crippen LogP contribution in [0.5, 0.6) is 5.75 Å². The summed E-state index contributed by atoms with van der Waals surface area (Å²) in [5.74, 6) is -0.423. The van der Waals surface area contributed by atoms with Crippen LogP contribution in [0, 0.1) is 0 Å². The molecular formula is C23H20Cl2F3N3O3S2. The first-order chi connectivity index (χ1) is 16.9. The summed E-state index contributed by atoms with van der Waals surface area (Å²) in [7, 11) is -2.28. The maximum absolute atomic E-state index is 13.5. The van der Waals surface area contributed by atoms with Crippen LogP contribution in [0.2, 0.25) is 10.0 Å². The van der Waals surface area contributed by atoms with Gasteiger partial charge in [0.2, 0.25) is 0 Å². The predicted molar refractivity (Wildman–Crippen MR) is 134 cm³/mol. The maximum Gasteiger partial charge on any atom is 0.419 e. The van der Waals surface area contributed by atoms with Crippen molar-refractivity contribution in [3.05, 3.63) is 70.3 Å². The first-order valence-corrected chi connectivity index (χ1v) is 13.6. The van der Waals surface area contributed by atoms with Crippen LogP contribution >= 0.6 is 35.0 Å². The number of pyridine rings is 1. The largest absolute Gasteiger partial charge is 0.488 e. The van der Waals surface area contributed by atoms with Gasteiger partial charge in [-0.25, -0.2) is 13.4 Å². The summed E-state index contributed by atoms with van der Waals surface area (Å²) in [5, 5.41) is 1.40. The van der Waals surface area contributed by atoms with Crippen LogP contribution in [-0.2, 0) is 16.2 Å². The van der Waals surface area contributed by atoms with E-state index < -0.39 is 33.6 Å². The Hall–Kier alpha value is -2.18. The molecule has 1 N–H and O–H groups in total. The van der Waals surface area contributed by atoms with E-state index in [0.717, 1.165) is 29.3 Å². The minimum atomic E-state index is -4.65. The van der Waals surface area contributed by atoms with Crippen molar-refractivity contribution >= 4 is 50.7 Å². The summed E-state index contributed by atoms with van der Waals surface area (Å²) < 4.78 is 74.2. The number of likely N-dealkylation sites (tertiary alicyclic amines) is 1. The van der Waals surface area contributed by atoms with Crippen molar-refractivity contribution in [2.24, 2.45) is 0 Å². The molecule has 0 radical (unpaired) electrons. The van der Waals surface area contributed by atoms with Gasteiger partial charge in [0.25, 0.3) is 10.0 Å². The molecule has 0 amide bonds. The average Bonchev–Trinajstić information content (AvgIpc) is 3.17. The molecule has 3 aromatic rings. The Kier molecular flexibility index (Phi) is 7.96. The van der Waals surface area contributed by atoms with Gasteiger partial charge in [0.05, 0.1) is 11.3 Å². The summed E-state index contributed by atoms with van der Waals surface area (Å²) >= 11 is 13.2. The van der Waals surface area contributed by atoms with Gasteiger partial charge in [0.1, 0.15) is 21.8 Å². The lowest BCUT2D eigenvalue weighted by Gasteiger charge is -2.19. The third kappa shape index (κ3) is 6.77. The van der Waals surface area contributed by atoms with Crippen LogP contribution in [0.25, 0.3) is 0 Å². The highest BCUT2D eigenvalue weighted by atomic mass is 35.5. The fraction of sp³-hybridized carbons (Fsp3) is 0.261. The molecule has 2 aromatic carbocycles. The van der Waals surface area contributed by atoms with Crippen LogP contribution < -0.4 is 9.46 Å². The van der Waals surface area contributed by atoms with Crippen molar-refractivity contribution in [1.29, 1.82) is 0 Å². The number of hydrogen-bond acceptors (Lipinski definition) is 6. The van der Waals surface area contributed by atoms with Gasteiger partial charge in [-0.1, -0.05) is 35.0 Å². The standard InChI is InChI=1S/C23H20Cl2F3N3O3S2/c1-31-7-6-17(13-31)34-21-11-16(2-4-20(21)23(26,27)28)30-36(32,33)19-3-5-22(29-12-19)35-18-9-14(24)8-15(25)10-18/h2-5,8-12,17,30H,6-7,13H2,1H3/t17-/m1/s1. The lowest BCUT2D eigenvalue weighted by molar-refractivity contribution is -0.139. The quantitative estimate of drug-likeness (QED) is 0.348. The van der Waals surface area contributed by atoms with Crippen molar-refractivity contribution in [3.8, 4) is 5.75 Å². The summed E-state index contributed by atoms with van der Waals surface area (Å²) in [6.07, 6.45) is -3.35. The van der Waals surface area contributed by atoms with Gasteiger partial charge in [-0.05, 0) is 55.9 Å². The smallest absolute Gasteiger partial charge is 0.419 e. The van der Waals surface area contributed by atoms with Gasteiger partial charge in [0.15, 0.2) is 0 Å². The Bertz CT molecular complexity index is 1340. The van der Waals surface area contributed by atoms with E-state index >= 15 is 0 Å². The monoisotopic (exact) mass is 577 g/mol. The fourth-order valence-corrected chi connectivity index (χ4v) is 6.10. The van der Waals surface area contributed by atoms with Gasteiger partial charge in [-0.3, -0.25) is 4.72 Å². The van der Waals surface area contributed by atoms with Crippen LogP contribution in [0.3, 0.4) is 0 Å². The van der Waals surface area contributed by atoms with E-state index in [1.54, 1.807) is 18.2 Å². The van der Waals surface area contributed by atoms with E-state index in [1.165, 1.54) is 23.9 Å². The van der Waals surface area contributed by atoms with Crippen molar-refractivity contribution in [2.45, 2.75) is 33.5 Å². The SMILES string of the molecule is CN1CC[C@@H](Oc2cc(NS(=O)(=O)c3ccc(Sc4cc(Cl)cc(Cl)c4)nc3)ccc2C(F)(F)F)C1. The normalized spacial score (nSPS) is 16.8. The Morgan fingerprint density at radius 1 is 1.11 bits per heavy atom. The van der Waals surface area contributed by atoms with Crippen molar-refractivity contribution in [1.82, 2.24) is 9.88 Å². The van der Waals surface area contributed by atoms with Crippen LogP contribution in [0.1, 0.15) is 12.0 Å². The average molecular weight is 578 g/mol. The molecule has 6 nitrogen and oxygen atoms in total. The number of rotatable bonds is 7. The first kappa shape index (κ1) is 26.9. The predicted octanol–water partition coefficient (Wildman–Crippen LogP) is 6.44. The van der Waals surface area contributed by atoms with E-state index in [-0.39, 0.29) is 10.6 Å². The molecule has 1 aliphatic rings. The molecule has 1 saturated heterocycles. The molecule has 0 aliphatic carbocycles. The van der Waals surface area contributed by atoms with E-state index in [1.807, 2.05) is 11.9 Å². The highest BCUT2D eigenvalue weighted by molar-refractivity contribution is 7.99. The molecule has 1 aliphatic heterocycles. The molecule has 1 atom stereocenters. The highest BCUT2D eigenvalue weighted by Gasteiger charge is 2.36. The summed E-state index contributed by atoms with van der Waals surface area (Å²) in [6, 6.07) is 10.7. The molecule has 1 aromatic heterocycles. The number of hydrogen-bond donors (Lipinski definition) is 1. The molecule has 2 heterocycles. The third-order valence-corrected chi connectivity index (χ3v) is 7.98. The zero-order chi connectivity index (χ0) is 26.1. The van der Waals surface area contributed by atoms with Gasteiger partial charge in [-0.15, -0.1) is 0 Å². The Labute approximate surface area is 220 Å². The second kappa shape index (κ2) is 10.7. The lowest BCUT2D eigenvalue weighted by atomic mass is 10.1. The van der Waals surface area contributed by atoms with E-state index in [2.05, 4.69) is 9.71 Å². The molecule has 13 heteroatoms. The number of alkyl halides is 3. The zero-order valence-corrected chi connectivity index (χ0v) is 21.9. The second-order valence-corrected chi connectivity index (χ2v) is 11.8. The summed E-state index contributed by atoms with van der Waals surface area (Å²) in [6.45, 7) is 1.18. The number of nitrogens with zero attached hydrogens (tertiary/aromatic N) is 2. The van der Waals surface area contributed by atoms with Crippen molar-refractivity contribution in [2.75, 3.05) is 24.9 Å². The molecule has 36 heavy (non-hydrogen) atoms. The molecular weight excluding hydrogens is 558 g/mol. The highest BCUT2D eigenvalue weighted by Crippen LogP contribution is 2.39. The topological polar surface area (TPSA) is 71.5 Å². The number of halogens is 5. The van der Waals surface area contributed by atoms with Gasteiger partial charge in [0, 0.05) is 40.3 Å². The van der Waals surface area contributed by atoms with Gasteiger partial charge >= 0.3 is 6.18 Å². The Balaban J connectivity index is 1.52. The molecule has 4 rings (SSSR count). The zero-order valence-electron chi connectivity index (χ0n) is 18.7. The number of likely N-dealkylation sites (N-methyl/N-ethyl adjacent to an activating group) is 1. The Morgan fingerprint density at radius 2 is 1.83 bits per heavy atom. The van der Waals surface area contributed by atoms with Crippen LogP contribution in [0.4, 0.5) is 18.9 Å². The molecule has 0 unspecified atom stereocenters. The number of benzene rings is 2. The van der Waals surface area contributed by atoms with Crippen molar-refractivity contribution < 1.29 is 26.3 Å². The van der Waals surface area contributed by atoms with Gasteiger partial charge in [-0.2, -0.15) is 13.2 Å². The number of nitrogens with one attached hydrogen (secondary N) is 1. The van der Waals surface area contributed by atoms with E-state index in [0.29, 0.717) is 34.6 Å². The van der Waals surface area contributed by atoms with Crippen LogP contribution in [-0.4, -0.2) is 44.5 Å². The molecule has 1 fully saturated rings. The first-order valence-electron chi connectivity index (χ1n) is 10.6. The lowest BCUT2D eigenvalue weighted by Crippen LogP contribution is -2.23. The second-order valence-electron chi connectivity index (χ2n) is 8.14.